The van der Waals surface area contributed by atoms with Gasteiger partial charge in [-0.3, -0.25) is 14.4 Å². The lowest BCUT2D eigenvalue weighted by Crippen LogP contribution is -2.61. The van der Waals surface area contributed by atoms with Crippen LogP contribution in [0, 0.1) is 23.2 Å². The maximum atomic E-state index is 14.6. The number of anilines is 1. The van der Waals surface area contributed by atoms with Crippen molar-refractivity contribution in [1.29, 1.82) is 0 Å². The number of carbonyl (C=O) groups is 3. The Morgan fingerprint density at radius 2 is 1.64 bits per heavy atom. The van der Waals surface area contributed by atoms with Crippen molar-refractivity contribution in [3.8, 4) is 0 Å². The van der Waals surface area contributed by atoms with Crippen LogP contribution >= 0.6 is 11.8 Å². The second kappa shape index (κ2) is 11.3. The molecule has 3 saturated heterocycles. The minimum absolute atomic E-state index is 0.0157. The van der Waals surface area contributed by atoms with Gasteiger partial charge < -0.3 is 20.6 Å². The number of aliphatic hydroxyl groups excluding tert-OH is 1. The first kappa shape index (κ1) is 30.6. The van der Waals surface area contributed by atoms with Gasteiger partial charge in [-0.15, -0.1) is 11.8 Å². The van der Waals surface area contributed by atoms with Crippen molar-refractivity contribution in [3.63, 3.8) is 0 Å². The van der Waals surface area contributed by atoms with Gasteiger partial charge in [0.25, 0.3) is 0 Å². The molecule has 3 fully saturated rings. The van der Waals surface area contributed by atoms with Crippen LogP contribution in [-0.2, 0) is 20.8 Å². The van der Waals surface area contributed by atoms with E-state index in [1.807, 2.05) is 74.5 Å². The van der Waals surface area contributed by atoms with E-state index in [1.165, 1.54) is 0 Å². The fraction of sp³-hybridized carbons (Fsp3) is 0.559. The van der Waals surface area contributed by atoms with Crippen LogP contribution in [0.5, 0.6) is 0 Å². The first-order valence-electron chi connectivity index (χ1n) is 15.1. The molecule has 7 atom stereocenters. The third-order valence-corrected chi connectivity index (χ3v) is 11.2. The van der Waals surface area contributed by atoms with Crippen LogP contribution in [0.15, 0.2) is 60.7 Å². The standard InChI is InChI=1S/C34H45N3O4S/c1-21-17-25-26(29(39)35-23-15-11-8-12-16-23)27-31(41)37(24(19-38)18-22-13-9-7-10-14-22)28(34(21,27)42-25)30(40)36-33(5,6)20-32(2,3)4/h7-16,21,24-28,38H,17-20H2,1-6H3,(H,35,39)(H,36,40)/t21?,24-,25-,26+,27+,28?,34?/m1/s1. The predicted octanol–water partition coefficient (Wildman–Crippen LogP) is 4.90. The normalized spacial score (nSPS) is 29.4. The third-order valence-electron chi connectivity index (χ3n) is 9.13. The number of nitrogens with one attached hydrogen (secondary N) is 2. The minimum Gasteiger partial charge on any atom is -0.394 e. The number of para-hydroxylation sites is 1. The smallest absolute Gasteiger partial charge is 0.244 e. The fourth-order valence-corrected chi connectivity index (χ4v) is 10.5. The number of aliphatic hydroxyl groups is 1. The van der Waals surface area contributed by atoms with Crippen LogP contribution in [0.2, 0.25) is 0 Å². The van der Waals surface area contributed by atoms with E-state index < -0.39 is 34.2 Å². The largest absolute Gasteiger partial charge is 0.394 e. The molecule has 3 aliphatic heterocycles. The van der Waals surface area contributed by atoms with Crippen molar-refractivity contribution in [3.05, 3.63) is 66.2 Å². The average Bonchev–Trinajstić information content (AvgIpc) is 3.50. The molecule has 0 aromatic heterocycles. The monoisotopic (exact) mass is 591 g/mol. The lowest BCUT2D eigenvalue weighted by atomic mass is 9.65. The van der Waals surface area contributed by atoms with Crippen LogP contribution in [0.25, 0.3) is 0 Å². The van der Waals surface area contributed by atoms with Crippen LogP contribution in [0.3, 0.4) is 0 Å². The molecule has 0 aliphatic carbocycles. The molecule has 3 N–H and O–H groups in total. The zero-order valence-corrected chi connectivity index (χ0v) is 26.4. The predicted molar refractivity (Wildman–Crippen MR) is 168 cm³/mol. The van der Waals surface area contributed by atoms with E-state index in [2.05, 4.69) is 38.3 Å². The molecule has 3 aliphatic rings. The van der Waals surface area contributed by atoms with E-state index in [9.17, 15) is 19.5 Å². The van der Waals surface area contributed by atoms with Gasteiger partial charge in [0.2, 0.25) is 17.7 Å². The van der Waals surface area contributed by atoms with Gasteiger partial charge in [-0.2, -0.15) is 0 Å². The Hall–Kier alpha value is -2.84. The summed E-state index contributed by atoms with van der Waals surface area (Å²) in [7, 11) is 0. The van der Waals surface area contributed by atoms with Crippen molar-refractivity contribution in [2.45, 2.75) is 88.4 Å². The number of likely N-dealkylation sites (tertiary alicyclic amines) is 1. The highest BCUT2D eigenvalue weighted by atomic mass is 32.2. The van der Waals surface area contributed by atoms with Crippen LogP contribution < -0.4 is 10.6 Å². The Bertz CT molecular complexity index is 1310. The quantitative estimate of drug-likeness (QED) is 0.386. The highest BCUT2D eigenvalue weighted by molar-refractivity contribution is 8.02. The Balaban J connectivity index is 1.54. The minimum atomic E-state index is -0.797. The number of thioether (sulfide) groups is 1. The van der Waals surface area contributed by atoms with E-state index in [4.69, 9.17) is 0 Å². The Kier molecular flexibility index (Phi) is 8.27. The topological polar surface area (TPSA) is 98.7 Å². The molecule has 0 saturated carbocycles. The van der Waals surface area contributed by atoms with Gasteiger partial charge >= 0.3 is 0 Å². The molecular formula is C34H45N3O4S. The molecule has 3 unspecified atom stereocenters. The summed E-state index contributed by atoms with van der Waals surface area (Å²) in [6.45, 7) is 12.3. The Labute approximate surface area is 254 Å². The Morgan fingerprint density at radius 1 is 1.02 bits per heavy atom. The first-order chi connectivity index (χ1) is 19.8. The number of fused-ring (bicyclic) bond motifs is 1. The number of rotatable bonds is 9. The number of amides is 3. The van der Waals surface area contributed by atoms with Crippen LogP contribution in [0.1, 0.15) is 59.9 Å². The summed E-state index contributed by atoms with van der Waals surface area (Å²) in [5.41, 5.74) is 1.14. The summed E-state index contributed by atoms with van der Waals surface area (Å²) in [6, 6.07) is 17.7. The summed E-state index contributed by atoms with van der Waals surface area (Å²) in [6.07, 6.45) is 1.93. The van der Waals surface area contributed by atoms with Gasteiger partial charge in [-0.05, 0) is 62.1 Å². The molecule has 8 heteroatoms. The second-order valence-corrected chi connectivity index (χ2v) is 15.8. The summed E-state index contributed by atoms with van der Waals surface area (Å²) in [4.78, 5) is 44.7. The number of hydrogen-bond donors (Lipinski definition) is 3. The highest BCUT2D eigenvalue weighted by Crippen LogP contribution is 2.69. The van der Waals surface area contributed by atoms with Crippen molar-refractivity contribution >= 4 is 35.2 Å². The summed E-state index contributed by atoms with van der Waals surface area (Å²) in [5, 5.41) is 17.0. The van der Waals surface area contributed by atoms with E-state index >= 15 is 0 Å². The number of carbonyl (C=O) groups excluding carboxylic acids is 3. The van der Waals surface area contributed by atoms with E-state index in [0.29, 0.717) is 12.1 Å². The van der Waals surface area contributed by atoms with Crippen molar-refractivity contribution in [1.82, 2.24) is 10.2 Å². The molecule has 7 nitrogen and oxygen atoms in total. The van der Waals surface area contributed by atoms with Gasteiger partial charge in [0.15, 0.2) is 0 Å². The molecule has 226 valence electrons. The maximum Gasteiger partial charge on any atom is 0.244 e. The van der Waals surface area contributed by atoms with E-state index in [1.54, 1.807) is 16.7 Å². The molecule has 3 heterocycles. The zero-order valence-electron chi connectivity index (χ0n) is 25.6. The lowest BCUT2D eigenvalue weighted by molar-refractivity contribution is -0.142. The molecule has 2 bridgehead atoms. The van der Waals surface area contributed by atoms with Gasteiger partial charge in [0, 0.05) is 16.5 Å². The maximum absolute atomic E-state index is 14.6. The second-order valence-electron chi connectivity index (χ2n) is 14.3. The summed E-state index contributed by atoms with van der Waals surface area (Å²) in [5.74, 6) is -1.73. The zero-order chi connectivity index (χ0) is 30.4. The fourth-order valence-electron chi connectivity index (χ4n) is 8.11. The first-order valence-corrected chi connectivity index (χ1v) is 16.0. The summed E-state index contributed by atoms with van der Waals surface area (Å²) < 4.78 is -0.757. The van der Waals surface area contributed by atoms with Gasteiger partial charge in [0.1, 0.15) is 6.04 Å². The van der Waals surface area contributed by atoms with Crippen molar-refractivity contribution in [2.75, 3.05) is 11.9 Å². The molecule has 42 heavy (non-hydrogen) atoms. The van der Waals surface area contributed by atoms with Gasteiger partial charge in [-0.25, -0.2) is 0 Å². The van der Waals surface area contributed by atoms with Crippen molar-refractivity contribution < 1.29 is 19.5 Å². The van der Waals surface area contributed by atoms with Crippen LogP contribution in [-0.4, -0.2) is 62.0 Å². The van der Waals surface area contributed by atoms with Gasteiger partial charge in [-0.1, -0.05) is 76.2 Å². The molecule has 5 rings (SSSR count). The number of hydrogen-bond acceptors (Lipinski definition) is 5. The van der Waals surface area contributed by atoms with Crippen molar-refractivity contribution in [2.24, 2.45) is 23.2 Å². The molecule has 0 radical (unpaired) electrons. The number of nitrogens with zero attached hydrogens (tertiary/aromatic N) is 1. The molecule has 1 spiro atoms. The SMILES string of the molecule is CC1C[C@H]2SC13C(C(=O)NC(C)(C)CC(C)(C)C)N([C@@H](CO)Cc1ccccc1)C(=O)[C@@H]3[C@H]2C(=O)Nc1ccccc1. The molecular weight excluding hydrogens is 546 g/mol. The molecule has 2 aromatic carbocycles. The highest BCUT2D eigenvalue weighted by Gasteiger charge is 2.76. The molecule has 2 aromatic rings. The number of benzene rings is 2. The van der Waals surface area contributed by atoms with Crippen LogP contribution in [0.4, 0.5) is 5.69 Å². The average molecular weight is 592 g/mol. The third kappa shape index (κ3) is 5.60. The summed E-state index contributed by atoms with van der Waals surface area (Å²) >= 11 is 1.66. The lowest BCUT2D eigenvalue weighted by Gasteiger charge is -2.42. The molecule has 3 amide bonds. The van der Waals surface area contributed by atoms with Gasteiger partial charge in [0.05, 0.1) is 29.2 Å². The van der Waals surface area contributed by atoms with E-state index in [-0.39, 0.29) is 40.9 Å². The van der Waals surface area contributed by atoms with E-state index in [0.717, 1.165) is 18.4 Å². The Morgan fingerprint density at radius 3 is 2.24 bits per heavy atom.